The summed E-state index contributed by atoms with van der Waals surface area (Å²) in [5.74, 6) is 1.01. The minimum atomic E-state index is 0.0348. The third kappa shape index (κ3) is 3.96. The summed E-state index contributed by atoms with van der Waals surface area (Å²) in [6.45, 7) is 6.31. The zero-order valence-electron chi connectivity index (χ0n) is 16.6. The molecule has 2 aromatic rings. The second-order valence-electron chi connectivity index (χ2n) is 7.62. The first-order valence-corrected chi connectivity index (χ1v) is 10.4. The van der Waals surface area contributed by atoms with Gasteiger partial charge < -0.3 is 14.7 Å². The van der Waals surface area contributed by atoms with Crippen LogP contribution in [-0.4, -0.2) is 59.5 Å². The summed E-state index contributed by atoms with van der Waals surface area (Å²) in [6, 6.07) is 10.5. The molecule has 2 fully saturated rings. The normalized spacial score (nSPS) is 20.3. The number of anilines is 2. The number of hydrogen-bond acceptors (Lipinski definition) is 5. The molecular weight excluding hydrogens is 350 g/mol. The van der Waals surface area contributed by atoms with Crippen LogP contribution in [0, 0.1) is 0 Å². The second-order valence-corrected chi connectivity index (χ2v) is 7.62. The fourth-order valence-corrected chi connectivity index (χ4v) is 4.32. The van der Waals surface area contributed by atoms with Crippen molar-refractivity contribution in [2.75, 3.05) is 42.5 Å². The Balaban J connectivity index is 1.43. The van der Waals surface area contributed by atoms with Crippen molar-refractivity contribution in [3.05, 3.63) is 48.4 Å². The number of pyridine rings is 2. The van der Waals surface area contributed by atoms with Crippen LogP contribution in [0.15, 0.2) is 42.7 Å². The third-order valence-electron chi connectivity index (χ3n) is 5.93. The SMILES string of the molecule is CCC1CCCCN1c1ccnc(C(=O)N2CCN(c3ccccn3)CC2)c1. The highest BCUT2D eigenvalue weighted by molar-refractivity contribution is 5.93. The average molecular weight is 380 g/mol. The second kappa shape index (κ2) is 8.59. The molecule has 148 valence electrons. The quantitative estimate of drug-likeness (QED) is 0.816. The first-order chi connectivity index (χ1) is 13.8. The molecule has 6 heteroatoms. The molecule has 2 aliphatic rings. The molecule has 28 heavy (non-hydrogen) atoms. The first-order valence-electron chi connectivity index (χ1n) is 10.4. The van der Waals surface area contributed by atoms with Gasteiger partial charge in [-0.1, -0.05) is 13.0 Å². The number of hydrogen-bond donors (Lipinski definition) is 0. The van der Waals surface area contributed by atoms with E-state index in [-0.39, 0.29) is 5.91 Å². The predicted molar refractivity (Wildman–Crippen MR) is 112 cm³/mol. The Hall–Kier alpha value is -2.63. The molecule has 4 heterocycles. The van der Waals surface area contributed by atoms with Crippen LogP contribution in [0.1, 0.15) is 43.1 Å². The number of rotatable bonds is 4. The van der Waals surface area contributed by atoms with Gasteiger partial charge >= 0.3 is 0 Å². The van der Waals surface area contributed by atoms with Crippen LogP contribution in [0.4, 0.5) is 11.5 Å². The lowest BCUT2D eigenvalue weighted by molar-refractivity contribution is 0.0740. The Morgan fingerprint density at radius 2 is 1.89 bits per heavy atom. The molecule has 0 bridgehead atoms. The van der Waals surface area contributed by atoms with Gasteiger partial charge in [0.1, 0.15) is 11.5 Å². The first kappa shape index (κ1) is 18.7. The van der Waals surface area contributed by atoms with Crippen molar-refractivity contribution < 1.29 is 4.79 Å². The summed E-state index contributed by atoms with van der Waals surface area (Å²) in [5.41, 5.74) is 1.70. The van der Waals surface area contributed by atoms with E-state index in [1.807, 2.05) is 41.4 Å². The molecule has 0 aromatic carbocycles. The van der Waals surface area contributed by atoms with Crippen LogP contribution in [0.5, 0.6) is 0 Å². The summed E-state index contributed by atoms with van der Waals surface area (Å²) in [6.07, 6.45) is 8.49. The summed E-state index contributed by atoms with van der Waals surface area (Å²) < 4.78 is 0. The van der Waals surface area contributed by atoms with E-state index >= 15 is 0 Å². The molecule has 1 atom stereocenters. The highest BCUT2D eigenvalue weighted by atomic mass is 16.2. The van der Waals surface area contributed by atoms with E-state index in [0.717, 1.165) is 37.6 Å². The Bertz CT molecular complexity index is 789. The zero-order valence-corrected chi connectivity index (χ0v) is 16.6. The summed E-state index contributed by atoms with van der Waals surface area (Å²) in [4.78, 5) is 28.5. The summed E-state index contributed by atoms with van der Waals surface area (Å²) in [5, 5.41) is 0. The lowest BCUT2D eigenvalue weighted by Gasteiger charge is -2.37. The maximum Gasteiger partial charge on any atom is 0.272 e. The van der Waals surface area contributed by atoms with E-state index in [9.17, 15) is 4.79 Å². The number of aromatic nitrogens is 2. The highest BCUT2D eigenvalue weighted by Gasteiger charge is 2.25. The Labute approximate surface area is 167 Å². The molecule has 0 aliphatic carbocycles. The Morgan fingerprint density at radius 3 is 2.64 bits per heavy atom. The van der Waals surface area contributed by atoms with Crippen molar-refractivity contribution in [2.45, 2.75) is 38.6 Å². The van der Waals surface area contributed by atoms with E-state index < -0.39 is 0 Å². The fourth-order valence-electron chi connectivity index (χ4n) is 4.32. The van der Waals surface area contributed by atoms with Crippen LogP contribution in [-0.2, 0) is 0 Å². The smallest absolute Gasteiger partial charge is 0.272 e. The number of carbonyl (C=O) groups is 1. The largest absolute Gasteiger partial charge is 0.368 e. The minimum Gasteiger partial charge on any atom is -0.368 e. The molecule has 0 spiro atoms. The van der Waals surface area contributed by atoms with Gasteiger partial charge in [0.15, 0.2) is 0 Å². The molecule has 0 radical (unpaired) electrons. The number of carbonyl (C=O) groups excluding carboxylic acids is 1. The topological polar surface area (TPSA) is 52.6 Å². The van der Waals surface area contributed by atoms with Gasteiger partial charge in [-0.25, -0.2) is 4.98 Å². The molecule has 4 rings (SSSR count). The molecule has 2 aromatic heterocycles. The number of piperazine rings is 1. The third-order valence-corrected chi connectivity index (χ3v) is 5.93. The van der Waals surface area contributed by atoms with E-state index in [1.165, 1.54) is 19.3 Å². The van der Waals surface area contributed by atoms with Crippen molar-refractivity contribution in [1.82, 2.24) is 14.9 Å². The van der Waals surface area contributed by atoms with Crippen molar-refractivity contribution >= 4 is 17.4 Å². The van der Waals surface area contributed by atoms with Crippen molar-refractivity contribution in [1.29, 1.82) is 0 Å². The van der Waals surface area contributed by atoms with Gasteiger partial charge in [-0.15, -0.1) is 0 Å². The number of piperidine rings is 1. The number of nitrogens with zero attached hydrogens (tertiary/aromatic N) is 5. The fraction of sp³-hybridized carbons (Fsp3) is 0.500. The van der Waals surface area contributed by atoms with Crippen LogP contribution in [0.2, 0.25) is 0 Å². The van der Waals surface area contributed by atoms with Gasteiger partial charge in [0.25, 0.3) is 5.91 Å². The maximum atomic E-state index is 13.0. The van der Waals surface area contributed by atoms with Gasteiger partial charge in [0.05, 0.1) is 0 Å². The molecule has 6 nitrogen and oxygen atoms in total. The van der Waals surface area contributed by atoms with E-state index in [1.54, 1.807) is 6.20 Å². The van der Waals surface area contributed by atoms with Crippen LogP contribution in [0.25, 0.3) is 0 Å². The Morgan fingerprint density at radius 1 is 1.04 bits per heavy atom. The monoisotopic (exact) mass is 379 g/mol. The standard InChI is InChI=1S/C22H29N5O/c1-2-18-7-4-6-12-27(18)19-9-11-23-20(17-19)22(28)26-15-13-25(14-16-26)21-8-3-5-10-24-21/h3,5,8-11,17-18H,2,4,6-7,12-16H2,1H3. The van der Waals surface area contributed by atoms with Crippen molar-refractivity contribution in [2.24, 2.45) is 0 Å². The molecule has 1 amide bonds. The van der Waals surface area contributed by atoms with Gasteiger partial charge in [0.2, 0.25) is 0 Å². The van der Waals surface area contributed by atoms with E-state index in [2.05, 4.69) is 26.7 Å². The molecule has 1 unspecified atom stereocenters. The van der Waals surface area contributed by atoms with Gasteiger partial charge in [-0.05, 0) is 49.9 Å². The molecular formula is C22H29N5O. The average Bonchev–Trinajstić information content (AvgIpc) is 2.79. The predicted octanol–water partition coefficient (Wildman–Crippen LogP) is 3.21. The van der Waals surface area contributed by atoms with Crippen LogP contribution in [0.3, 0.4) is 0 Å². The van der Waals surface area contributed by atoms with Crippen LogP contribution < -0.4 is 9.80 Å². The molecule has 0 N–H and O–H groups in total. The minimum absolute atomic E-state index is 0.0348. The van der Waals surface area contributed by atoms with Crippen molar-refractivity contribution in [3.63, 3.8) is 0 Å². The number of amides is 1. The summed E-state index contributed by atoms with van der Waals surface area (Å²) >= 11 is 0. The maximum absolute atomic E-state index is 13.0. The molecule has 2 saturated heterocycles. The molecule has 0 saturated carbocycles. The van der Waals surface area contributed by atoms with Gasteiger partial charge in [-0.3, -0.25) is 9.78 Å². The van der Waals surface area contributed by atoms with Crippen LogP contribution >= 0.6 is 0 Å². The van der Waals surface area contributed by atoms with Gasteiger partial charge in [-0.2, -0.15) is 0 Å². The lowest BCUT2D eigenvalue weighted by atomic mass is 9.99. The van der Waals surface area contributed by atoms with E-state index in [4.69, 9.17) is 0 Å². The molecule has 2 aliphatic heterocycles. The summed E-state index contributed by atoms with van der Waals surface area (Å²) in [7, 11) is 0. The highest BCUT2D eigenvalue weighted by Crippen LogP contribution is 2.27. The lowest BCUT2D eigenvalue weighted by Crippen LogP contribution is -2.49. The Kier molecular flexibility index (Phi) is 5.74. The van der Waals surface area contributed by atoms with Crippen molar-refractivity contribution in [3.8, 4) is 0 Å². The zero-order chi connectivity index (χ0) is 19.3. The van der Waals surface area contributed by atoms with Gasteiger partial charge in [0, 0.05) is 56.8 Å². The van der Waals surface area contributed by atoms with E-state index in [0.29, 0.717) is 24.8 Å².